The van der Waals surface area contributed by atoms with E-state index in [0.29, 0.717) is 38.2 Å². The molecule has 124 valence electrons. The predicted molar refractivity (Wildman–Crippen MR) is 83.6 cm³/mol. The summed E-state index contributed by atoms with van der Waals surface area (Å²) in [5.74, 6) is 1.43. The molecule has 1 fully saturated rings. The molecule has 2 N–H and O–H groups in total. The normalized spacial score (nSPS) is 23.0. The number of likely N-dealkylation sites (tertiary alicyclic amines) is 1. The van der Waals surface area contributed by atoms with Crippen LogP contribution in [0.3, 0.4) is 0 Å². The molecule has 1 aromatic rings. The highest BCUT2D eigenvalue weighted by atomic mass is 16.4. The van der Waals surface area contributed by atoms with Crippen LogP contribution in [0.25, 0.3) is 0 Å². The lowest BCUT2D eigenvalue weighted by atomic mass is 9.94. The van der Waals surface area contributed by atoms with Gasteiger partial charge in [0.05, 0.1) is 12.3 Å². The molecule has 1 aliphatic rings. The van der Waals surface area contributed by atoms with E-state index in [2.05, 4.69) is 36.0 Å². The smallest absolute Gasteiger partial charge is 0.220 e. The van der Waals surface area contributed by atoms with Crippen LogP contribution in [0.15, 0.2) is 10.6 Å². The summed E-state index contributed by atoms with van der Waals surface area (Å²) in [6.07, 6.45) is 3.04. The molecule has 0 spiro atoms. The number of oxazole rings is 1. The Kier molecular flexibility index (Phi) is 5.24. The molecule has 1 amide bonds. The van der Waals surface area contributed by atoms with Crippen molar-refractivity contribution in [3.8, 4) is 0 Å². The molecule has 6 heteroatoms. The number of amides is 1. The van der Waals surface area contributed by atoms with E-state index in [1.54, 1.807) is 6.20 Å². The summed E-state index contributed by atoms with van der Waals surface area (Å²) >= 11 is 0. The van der Waals surface area contributed by atoms with Gasteiger partial charge in [-0.05, 0) is 13.5 Å². The minimum absolute atomic E-state index is 0.00898. The fraction of sp³-hybridized carbons (Fsp3) is 0.750. The molecule has 22 heavy (non-hydrogen) atoms. The zero-order valence-corrected chi connectivity index (χ0v) is 13.9. The van der Waals surface area contributed by atoms with Crippen LogP contribution in [0.4, 0.5) is 0 Å². The lowest BCUT2D eigenvalue weighted by molar-refractivity contribution is -0.121. The molecule has 0 bridgehead atoms. The molecule has 0 unspecified atom stereocenters. The Morgan fingerprint density at radius 3 is 2.82 bits per heavy atom. The Labute approximate surface area is 131 Å². The predicted octanol–water partition coefficient (Wildman–Crippen LogP) is 1.09. The van der Waals surface area contributed by atoms with Crippen LogP contribution >= 0.6 is 0 Å². The Hall–Kier alpha value is -1.40. The van der Waals surface area contributed by atoms with Crippen molar-refractivity contribution >= 4 is 5.91 Å². The van der Waals surface area contributed by atoms with E-state index in [1.165, 1.54) is 0 Å². The molecule has 2 rings (SSSR count). The molecular weight excluding hydrogens is 282 g/mol. The molecule has 2 heterocycles. The zero-order chi connectivity index (χ0) is 16.3. The number of nitrogens with one attached hydrogen (secondary N) is 1. The van der Waals surface area contributed by atoms with Gasteiger partial charge in [-0.3, -0.25) is 9.69 Å². The summed E-state index contributed by atoms with van der Waals surface area (Å²) in [5.41, 5.74) is -0.0681. The topological polar surface area (TPSA) is 78.6 Å². The number of aromatic nitrogens is 1. The highest BCUT2D eigenvalue weighted by Gasteiger charge is 2.28. The standard InChI is InChI=1S/C16H27N3O3/c1-16(2,3)13-9-18-15(22-13)6-5-14(21)17-8-11-7-12(20)10-19(11)4/h9,11-12,20H,5-8,10H2,1-4H3,(H,17,21)/t11-,12+/m0/s1. The SMILES string of the molecule is CN1C[C@H](O)C[C@H]1CNC(=O)CCc1ncc(C(C)(C)C)o1. The van der Waals surface area contributed by atoms with E-state index in [-0.39, 0.29) is 23.5 Å². The van der Waals surface area contributed by atoms with Gasteiger partial charge in [-0.1, -0.05) is 20.8 Å². The fourth-order valence-corrected chi connectivity index (χ4v) is 2.60. The van der Waals surface area contributed by atoms with Gasteiger partial charge < -0.3 is 14.8 Å². The Morgan fingerprint density at radius 2 is 2.27 bits per heavy atom. The molecule has 6 nitrogen and oxygen atoms in total. The van der Waals surface area contributed by atoms with Crippen molar-refractivity contribution in [2.45, 2.75) is 57.6 Å². The number of carbonyl (C=O) groups is 1. The Bertz CT molecular complexity index is 507. The molecule has 0 aromatic carbocycles. The van der Waals surface area contributed by atoms with E-state index in [1.807, 2.05) is 7.05 Å². The van der Waals surface area contributed by atoms with Crippen molar-refractivity contribution in [2.24, 2.45) is 0 Å². The van der Waals surface area contributed by atoms with Gasteiger partial charge in [-0.15, -0.1) is 0 Å². The van der Waals surface area contributed by atoms with Crippen LogP contribution in [-0.2, 0) is 16.6 Å². The van der Waals surface area contributed by atoms with Gasteiger partial charge in [0.2, 0.25) is 5.91 Å². The van der Waals surface area contributed by atoms with Gasteiger partial charge >= 0.3 is 0 Å². The third-order valence-electron chi connectivity index (χ3n) is 4.06. The second-order valence-electron chi connectivity index (χ2n) is 7.16. The highest BCUT2D eigenvalue weighted by molar-refractivity contribution is 5.76. The first-order chi connectivity index (χ1) is 10.3. The number of nitrogens with zero attached hydrogens (tertiary/aromatic N) is 2. The first-order valence-electron chi connectivity index (χ1n) is 7.86. The first-order valence-corrected chi connectivity index (χ1v) is 7.86. The van der Waals surface area contributed by atoms with Crippen molar-refractivity contribution in [2.75, 3.05) is 20.1 Å². The van der Waals surface area contributed by atoms with Gasteiger partial charge in [0.25, 0.3) is 0 Å². The number of rotatable bonds is 5. The Balaban J connectivity index is 1.73. The number of aliphatic hydroxyl groups is 1. The molecule has 1 aromatic heterocycles. The molecule has 0 saturated carbocycles. The monoisotopic (exact) mass is 309 g/mol. The number of aryl methyl sites for hydroxylation is 1. The van der Waals surface area contributed by atoms with Crippen LogP contribution in [0.1, 0.15) is 45.3 Å². The summed E-state index contributed by atoms with van der Waals surface area (Å²) in [7, 11) is 1.97. The van der Waals surface area contributed by atoms with Gasteiger partial charge in [0.1, 0.15) is 5.76 Å². The van der Waals surface area contributed by atoms with Crippen molar-refractivity contribution in [1.29, 1.82) is 0 Å². The van der Waals surface area contributed by atoms with Crippen LogP contribution < -0.4 is 5.32 Å². The lowest BCUT2D eigenvalue weighted by Crippen LogP contribution is -2.38. The second-order valence-corrected chi connectivity index (χ2v) is 7.16. The summed E-state index contributed by atoms with van der Waals surface area (Å²) in [4.78, 5) is 18.2. The van der Waals surface area contributed by atoms with Gasteiger partial charge in [0, 0.05) is 37.4 Å². The minimum Gasteiger partial charge on any atom is -0.445 e. The third kappa shape index (κ3) is 4.55. The molecule has 1 saturated heterocycles. The summed E-state index contributed by atoms with van der Waals surface area (Å²) < 4.78 is 5.68. The zero-order valence-electron chi connectivity index (χ0n) is 13.9. The molecular formula is C16H27N3O3. The van der Waals surface area contributed by atoms with E-state index in [0.717, 1.165) is 5.76 Å². The third-order valence-corrected chi connectivity index (χ3v) is 4.06. The lowest BCUT2D eigenvalue weighted by Gasteiger charge is -2.19. The van der Waals surface area contributed by atoms with Crippen molar-refractivity contribution < 1.29 is 14.3 Å². The number of likely N-dealkylation sites (N-methyl/N-ethyl adjacent to an activating group) is 1. The van der Waals surface area contributed by atoms with Crippen molar-refractivity contribution in [3.63, 3.8) is 0 Å². The van der Waals surface area contributed by atoms with Gasteiger partial charge in [0.15, 0.2) is 5.89 Å². The summed E-state index contributed by atoms with van der Waals surface area (Å²) in [6.45, 7) is 7.45. The maximum absolute atomic E-state index is 11.9. The Morgan fingerprint density at radius 1 is 1.55 bits per heavy atom. The summed E-state index contributed by atoms with van der Waals surface area (Å²) in [6, 6.07) is 0.216. The summed E-state index contributed by atoms with van der Waals surface area (Å²) in [5, 5.41) is 12.5. The van der Waals surface area contributed by atoms with Crippen LogP contribution in [0, 0.1) is 0 Å². The maximum atomic E-state index is 11.9. The molecule has 1 aliphatic heterocycles. The van der Waals surface area contributed by atoms with Crippen LogP contribution in [0.2, 0.25) is 0 Å². The number of β-amino-alcohol motifs (C(OH)–C–C–N with tert-alkyl or cyclic N) is 1. The van der Waals surface area contributed by atoms with Crippen molar-refractivity contribution in [1.82, 2.24) is 15.2 Å². The van der Waals surface area contributed by atoms with Crippen LogP contribution in [0.5, 0.6) is 0 Å². The average molecular weight is 309 g/mol. The van der Waals surface area contributed by atoms with Crippen molar-refractivity contribution in [3.05, 3.63) is 17.8 Å². The number of carbonyl (C=O) groups excluding carboxylic acids is 1. The molecule has 0 aliphatic carbocycles. The first kappa shape index (κ1) is 17.0. The molecule has 2 atom stereocenters. The second kappa shape index (κ2) is 6.79. The maximum Gasteiger partial charge on any atom is 0.220 e. The highest BCUT2D eigenvalue weighted by Crippen LogP contribution is 2.23. The number of hydrogen-bond donors (Lipinski definition) is 2. The average Bonchev–Trinajstić information content (AvgIpc) is 3.00. The largest absolute Gasteiger partial charge is 0.445 e. The van der Waals surface area contributed by atoms with Gasteiger partial charge in [-0.25, -0.2) is 4.98 Å². The van der Waals surface area contributed by atoms with E-state index in [4.69, 9.17) is 4.42 Å². The minimum atomic E-state index is -0.282. The van der Waals surface area contributed by atoms with E-state index in [9.17, 15) is 9.90 Å². The number of aliphatic hydroxyl groups excluding tert-OH is 1. The fourth-order valence-electron chi connectivity index (χ4n) is 2.60. The van der Waals surface area contributed by atoms with Crippen LogP contribution in [-0.4, -0.2) is 53.2 Å². The van der Waals surface area contributed by atoms with E-state index < -0.39 is 0 Å². The van der Waals surface area contributed by atoms with E-state index >= 15 is 0 Å². The molecule has 0 radical (unpaired) electrons. The quantitative estimate of drug-likeness (QED) is 0.851. The van der Waals surface area contributed by atoms with Gasteiger partial charge in [-0.2, -0.15) is 0 Å². The number of hydrogen-bond acceptors (Lipinski definition) is 5.